The lowest BCUT2D eigenvalue weighted by molar-refractivity contribution is -0.119. The van der Waals surface area contributed by atoms with Crippen LogP contribution in [-0.2, 0) is 11.3 Å². The monoisotopic (exact) mass is 458 g/mol. The first-order chi connectivity index (χ1) is 14.7. The summed E-state index contributed by atoms with van der Waals surface area (Å²) in [5, 5.41) is 10.4. The number of aromatic nitrogens is 3. The van der Waals surface area contributed by atoms with Gasteiger partial charge in [-0.2, -0.15) is 0 Å². The molecule has 1 aliphatic heterocycles. The third-order valence-electron chi connectivity index (χ3n) is 5.01. The number of benzene rings is 1. The van der Waals surface area contributed by atoms with Gasteiger partial charge in [-0.05, 0) is 45.4 Å². The summed E-state index contributed by atoms with van der Waals surface area (Å²) in [7, 11) is 0. The Balaban J connectivity index is 0.000000372. The summed E-state index contributed by atoms with van der Waals surface area (Å²) in [4.78, 5) is 16.3. The molecule has 0 unspecified atom stereocenters. The number of aryl methyl sites for hydroxylation is 2. The van der Waals surface area contributed by atoms with Gasteiger partial charge in [0.25, 0.3) is 0 Å². The van der Waals surface area contributed by atoms with Gasteiger partial charge in [-0.1, -0.05) is 51.4 Å². The number of carbonyl (C=O) groups excluding carboxylic acids is 1. The lowest BCUT2D eigenvalue weighted by Crippen LogP contribution is -2.07. The molecule has 1 aromatic carbocycles. The Morgan fingerprint density at radius 3 is 2.23 bits per heavy atom. The molecule has 0 radical (unpaired) electrons. The fraction of sp³-hybridized carbons (Fsp3) is 0.417. The molecule has 31 heavy (non-hydrogen) atoms. The minimum atomic E-state index is 0.213. The smallest absolute Gasteiger partial charge is 0.160 e. The SMILES string of the molecule is CC.CC(=O)C(C)C.Cc1sc2c(c1C)C(c1ccc(Cl)cc1)=NCc1nnc(C)n1-2. The Morgan fingerprint density at radius 2 is 1.68 bits per heavy atom. The number of hydrogen-bond donors (Lipinski definition) is 0. The van der Waals surface area contributed by atoms with Crippen LogP contribution in [0, 0.1) is 26.7 Å². The molecular weight excluding hydrogens is 428 g/mol. The van der Waals surface area contributed by atoms with E-state index in [-0.39, 0.29) is 11.7 Å². The predicted octanol–water partition coefficient (Wildman–Crippen LogP) is 6.52. The molecule has 5 nitrogen and oxygen atoms in total. The molecule has 3 heterocycles. The van der Waals surface area contributed by atoms with Gasteiger partial charge in [0.1, 0.15) is 23.2 Å². The number of rotatable bonds is 2. The van der Waals surface area contributed by atoms with Crippen molar-refractivity contribution in [2.45, 2.75) is 61.9 Å². The summed E-state index contributed by atoms with van der Waals surface area (Å²) in [6, 6.07) is 7.86. The van der Waals surface area contributed by atoms with Gasteiger partial charge in [-0.25, -0.2) is 0 Å². The predicted molar refractivity (Wildman–Crippen MR) is 131 cm³/mol. The minimum Gasteiger partial charge on any atom is -0.300 e. The number of aliphatic imine (C=N–C) groups is 1. The zero-order valence-corrected chi connectivity index (χ0v) is 21.1. The Hall–Kier alpha value is -2.31. The molecule has 0 amide bonds. The summed E-state index contributed by atoms with van der Waals surface area (Å²) in [5.74, 6) is 2.25. The molecule has 0 spiro atoms. The lowest BCUT2D eigenvalue weighted by Gasteiger charge is -2.09. The largest absolute Gasteiger partial charge is 0.300 e. The molecule has 3 aromatic rings. The standard InChI is InChI=1S/C17H15ClN4S.C5H10O.C2H6/c1-9-10(2)23-17-15(9)16(12-4-6-13(18)7-5-12)19-8-14-21-20-11(3)22(14)17;1-4(2)5(3)6;1-2/h4-7H,8H2,1-3H3;4H,1-3H3;1-2H3. The molecule has 2 aromatic heterocycles. The average Bonchev–Trinajstić information content (AvgIpc) is 3.19. The van der Waals surface area contributed by atoms with Crippen molar-refractivity contribution in [2.24, 2.45) is 10.9 Å². The highest BCUT2D eigenvalue weighted by Crippen LogP contribution is 2.36. The molecule has 0 atom stereocenters. The van der Waals surface area contributed by atoms with Crippen LogP contribution in [0.2, 0.25) is 5.02 Å². The minimum absolute atomic E-state index is 0.213. The molecule has 1 aliphatic rings. The van der Waals surface area contributed by atoms with E-state index in [2.05, 4.69) is 28.6 Å². The van der Waals surface area contributed by atoms with Crippen molar-refractivity contribution in [1.82, 2.24) is 14.8 Å². The van der Waals surface area contributed by atoms with Crippen molar-refractivity contribution >= 4 is 34.4 Å². The van der Waals surface area contributed by atoms with Crippen LogP contribution >= 0.6 is 22.9 Å². The number of fused-ring (bicyclic) bond motifs is 3. The van der Waals surface area contributed by atoms with Gasteiger partial charge in [0.2, 0.25) is 0 Å². The highest BCUT2D eigenvalue weighted by atomic mass is 35.5. The average molecular weight is 459 g/mol. The molecule has 0 saturated heterocycles. The number of ketones is 1. The van der Waals surface area contributed by atoms with Crippen LogP contribution in [-0.4, -0.2) is 26.3 Å². The number of carbonyl (C=O) groups is 1. The summed E-state index contributed by atoms with van der Waals surface area (Å²) in [5.41, 5.74) is 4.52. The second-order valence-electron chi connectivity index (χ2n) is 7.40. The van der Waals surface area contributed by atoms with Crippen molar-refractivity contribution in [1.29, 1.82) is 0 Å². The van der Waals surface area contributed by atoms with E-state index < -0.39 is 0 Å². The van der Waals surface area contributed by atoms with E-state index in [0.29, 0.717) is 6.54 Å². The third-order valence-corrected chi connectivity index (χ3v) is 6.45. The zero-order chi connectivity index (χ0) is 23.3. The van der Waals surface area contributed by atoms with E-state index in [1.165, 1.54) is 16.0 Å². The van der Waals surface area contributed by atoms with Gasteiger partial charge >= 0.3 is 0 Å². The van der Waals surface area contributed by atoms with Crippen molar-refractivity contribution in [3.8, 4) is 5.00 Å². The van der Waals surface area contributed by atoms with Crippen molar-refractivity contribution in [2.75, 3.05) is 0 Å². The van der Waals surface area contributed by atoms with Crippen LogP contribution in [0.5, 0.6) is 0 Å². The van der Waals surface area contributed by atoms with Gasteiger partial charge in [-0.3, -0.25) is 14.4 Å². The van der Waals surface area contributed by atoms with Gasteiger partial charge in [0.05, 0.1) is 5.71 Å². The van der Waals surface area contributed by atoms with E-state index in [1.807, 2.05) is 58.9 Å². The molecule has 0 N–H and O–H groups in total. The second kappa shape index (κ2) is 10.8. The first-order valence-electron chi connectivity index (χ1n) is 10.5. The number of halogens is 1. The number of nitrogens with zero attached hydrogens (tertiary/aromatic N) is 4. The number of thiophene rings is 1. The van der Waals surface area contributed by atoms with E-state index in [9.17, 15) is 4.79 Å². The second-order valence-corrected chi connectivity index (χ2v) is 9.04. The Labute approximate surface area is 194 Å². The van der Waals surface area contributed by atoms with Crippen LogP contribution in [0.3, 0.4) is 0 Å². The van der Waals surface area contributed by atoms with Gasteiger partial charge in [0, 0.05) is 26.9 Å². The van der Waals surface area contributed by atoms with E-state index in [4.69, 9.17) is 16.6 Å². The quantitative estimate of drug-likeness (QED) is 0.439. The van der Waals surface area contributed by atoms with Gasteiger partial charge < -0.3 is 0 Å². The maximum atomic E-state index is 10.1. The van der Waals surface area contributed by atoms with E-state index in [0.717, 1.165) is 32.9 Å². The Kier molecular flexibility index (Phi) is 8.71. The van der Waals surface area contributed by atoms with Crippen LogP contribution < -0.4 is 0 Å². The maximum absolute atomic E-state index is 10.1. The maximum Gasteiger partial charge on any atom is 0.160 e. The van der Waals surface area contributed by atoms with Crippen LogP contribution in [0.4, 0.5) is 0 Å². The molecule has 166 valence electrons. The van der Waals surface area contributed by atoms with Crippen LogP contribution in [0.15, 0.2) is 29.3 Å². The van der Waals surface area contributed by atoms with Crippen molar-refractivity contribution in [3.05, 3.63) is 62.5 Å². The molecule has 0 saturated carbocycles. The molecule has 0 aliphatic carbocycles. The van der Waals surface area contributed by atoms with Crippen LogP contribution in [0.25, 0.3) is 5.00 Å². The molecule has 0 fully saturated rings. The molecule has 4 rings (SSSR count). The first-order valence-corrected chi connectivity index (χ1v) is 11.7. The molecular formula is C24H31ClN4OS. The first kappa shape index (κ1) is 25.0. The normalized spacial score (nSPS) is 11.9. The third kappa shape index (κ3) is 5.49. The zero-order valence-electron chi connectivity index (χ0n) is 19.6. The Bertz CT molecular complexity index is 1080. The molecule has 7 heteroatoms. The van der Waals surface area contributed by atoms with Gasteiger partial charge in [0.15, 0.2) is 5.82 Å². The fourth-order valence-electron chi connectivity index (χ4n) is 2.89. The summed E-state index contributed by atoms with van der Waals surface area (Å²) >= 11 is 7.80. The Morgan fingerprint density at radius 1 is 1.10 bits per heavy atom. The van der Waals surface area contributed by atoms with Crippen molar-refractivity contribution in [3.63, 3.8) is 0 Å². The summed E-state index contributed by atoms with van der Waals surface area (Å²) in [6.07, 6.45) is 0. The van der Waals surface area contributed by atoms with Crippen molar-refractivity contribution < 1.29 is 4.79 Å². The number of Topliss-reactive ketones (excluding diaryl/α,β-unsaturated/α-hetero) is 1. The van der Waals surface area contributed by atoms with Crippen LogP contribution in [0.1, 0.15) is 67.8 Å². The topological polar surface area (TPSA) is 60.1 Å². The van der Waals surface area contributed by atoms with E-state index >= 15 is 0 Å². The highest BCUT2D eigenvalue weighted by molar-refractivity contribution is 7.15. The summed E-state index contributed by atoms with van der Waals surface area (Å²) < 4.78 is 2.13. The number of hydrogen-bond acceptors (Lipinski definition) is 5. The van der Waals surface area contributed by atoms with E-state index in [1.54, 1.807) is 18.3 Å². The highest BCUT2D eigenvalue weighted by Gasteiger charge is 2.26. The molecule has 0 bridgehead atoms. The summed E-state index contributed by atoms with van der Waals surface area (Å²) in [6.45, 7) is 16.2. The fourth-order valence-corrected chi connectivity index (χ4v) is 4.24. The van der Waals surface area contributed by atoms with Gasteiger partial charge in [-0.15, -0.1) is 21.5 Å². The lowest BCUT2D eigenvalue weighted by atomic mass is 10.00.